The van der Waals surface area contributed by atoms with Crippen LogP contribution in [0.2, 0.25) is 10.0 Å². The summed E-state index contributed by atoms with van der Waals surface area (Å²) in [5, 5.41) is 12.9. The highest BCUT2D eigenvalue weighted by Crippen LogP contribution is 2.34. The summed E-state index contributed by atoms with van der Waals surface area (Å²) in [5.74, 6) is 1.66. The van der Waals surface area contributed by atoms with Crippen LogP contribution in [0, 0.1) is 0 Å². The number of amides is 1. The second-order valence-electron chi connectivity index (χ2n) is 6.58. The number of benzene rings is 2. The minimum Gasteiger partial charge on any atom is -0.496 e. The van der Waals surface area contributed by atoms with E-state index >= 15 is 0 Å². The average Bonchev–Trinajstić information content (AvgIpc) is 3.43. The highest BCUT2D eigenvalue weighted by molar-refractivity contribution is 6.36. The average molecular weight is 458 g/mol. The van der Waals surface area contributed by atoms with Gasteiger partial charge in [0.15, 0.2) is 5.76 Å². The van der Waals surface area contributed by atoms with Gasteiger partial charge in [-0.25, -0.2) is 0 Å². The number of halogens is 2. The van der Waals surface area contributed by atoms with Crippen molar-refractivity contribution in [2.24, 2.45) is 0 Å². The van der Waals surface area contributed by atoms with Crippen LogP contribution >= 0.6 is 23.2 Å². The number of carbonyl (C=O) groups excluding carboxylic acids is 1. The van der Waals surface area contributed by atoms with Crippen LogP contribution < -0.4 is 10.1 Å². The fourth-order valence-corrected chi connectivity index (χ4v) is 3.57. The van der Waals surface area contributed by atoms with Crippen LogP contribution in [0.1, 0.15) is 16.3 Å². The summed E-state index contributed by atoms with van der Waals surface area (Å²) in [6.07, 6.45) is 0. The summed E-state index contributed by atoms with van der Waals surface area (Å²) in [6, 6.07) is 16.9. The topological polar surface area (TPSA) is 84.8 Å². The van der Waals surface area contributed by atoms with Crippen molar-refractivity contribution < 1.29 is 23.5 Å². The molecule has 4 rings (SSSR count). The van der Waals surface area contributed by atoms with Crippen LogP contribution in [-0.4, -0.2) is 18.1 Å². The molecule has 2 heterocycles. The van der Waals surface area contributed by atoms with E-state index in [1.165, 1.54) is 7.11 Å². The van der Waals surface area contributed by atoms with E-state index in [9.17, 15) is 9.90 Å². The Labute approximate surface area is 188 Å². The summed E-state index contributed by atoms with van der Waals surface area (Å²) in [7, 11) is 1.52. The van der Waals surface area contributed by atoms with Crippen molar-refractivity contribution >= 4 is 34.8 Å². The largest absolute Gasteiger partial charge is 0.496 e. The van der Waals surface area contributed by atoms with Crippen molar-refractivity contribution in [2.45, 2.75) is 6.61 Å². The van der Waals surface area contributed by atoms with Gasteiger partial charge in [0.05, 0.1) is 17.7 Å². The van der Waals surface area contributed by atoms with Gasteiger partial charge in [0.1, 0.15) is 29.6 Å². The SMILES string of the molecule is COc1cc(NC(=O)c2ccc(-c3ccc(Cl)cc3Cl)o2)ccc1-c1ccc(CO)o1. The summed E-state index contributed by atoms with van der Waals surface area (Å²) < 4.78 is 16.7. The molecule has 6 nitrogen and oxygen atoms in total. The maximum atomic E-state index is 12.6. The molecule has 0 saturated heterocycles. The maximum absolute atomic E-state index is 12.6. The number of ether oxygens (including phenoxy) is 1. The molecule has 1 amide bonds. The number of hydrogen-bond acceptors (Lipinski definition) is 5. The minimum atomic E-state index is -0.424. The molecule has 0 fully saturated rings. The molecule has 0 unspecified atom stereocenters. The first-order valence-corrected chi connectivity index (χ1v) is 9.98. The quantitative estimate of drug-likeness (QED) is 0.356. The van der Waals surface area contributed by atoms with Crippen LogP contribution in [0.5, 0.6) is 5.75 Å². The van der Waals surface area contributed by atoms with Gasteiger partial charge in [-0.1, -0.05) is 23.2 Å². The molecule has 0 aliphatic heterocycles. The maximum Gasteiger partial charge on any atom is 0.291 e. The van der Waals surface area contributed by atoms with Gasteiger partial charge in [0.2, 0.25) is 0 Å². The lowest BCUT2D eigenvalue weighted by Gasteiger charge is -2.10. The van der Waals surface area contributed by atoms with Crippen molar-refractivity contribution in [1.82, 2.24) is 0 Å². The van der Waals surface area contributed by atoms with Crippen molar-refractivity contribution in [3.63, 3.8) is 0 Å². The molecular weight excluding hydrogens is 441 g/mol. The summed E-state index contributed by atoms with van der Waals surface area (Å²) in [6.45, 7) is -0.192. The second kappa shape index (κ2) is 8.89. The number of carbonyl (C=O) groups is 1. The zero-order chi connectivity index (χ0) is 22.0. The molecule has 0 aliphatic carbocycles. The standard InChI is InChI=1S/C23H17Cl2NO5/c1-29-22-11-14(3-6-17(22)20-7-4-15(12-27)30-20)26-23(28)21-9-8-19(31-21)16-5-2-13(24)10-18(16)25/h2-11,27H,12H2,1H3,(H,26,28). The van der Waals surface area contributed by atoms with Crippen molar-refractivity contribution in [1.29, 1.82) is 0 Å². The van der Waals surface area contributed by atoms with E-state index in [0.29, 0.717) is 49.9 Å². The smallest absolute Gasteiger partial charge is 0.291 e. The third-order valence-electron chi connectivity index (χ3n) is 4.57. The van der Waals surface area contributed by atoms with Gasteiger partial charge in [-0.05, 0) is 54.6 Å². The predicted octanol–water partition coefficient (Wildman–Crippen LogP) is 6.27. The number of aliphatic hydroxyl groups excluding tert-OH is 1. The highest BCUT2D eigenvalue weighted by Gasteiger charge is 2.16. The Morgan fingerprint density at radius 3 is 2.42 bits per heavy atom. The van der Waals surface area contributed by atoms with E-state index in [4.69, 9.17) is 36.8 Å². The van der Waals surface area contributed by atoms with Crippen molar-refractivity contribution in [3.8, 4) is 28.4 Å². The normalized spacial score (nSPS) is 10.8. The summed E-state index contributed by atoms with van der Waals surface area (Å²) in [4.78, 5) is 12.6. The van der Waals surface area contributed by atoms with Gasteiger partial charge in [-0.3, -0.25) is 4.79 Å². The first-order valence-electron chi connectivity index (χ1n) is 9.23. The van der Waals surface area contributed by atoms with E-state index in [1.54, 1.807) is 60.7 Å². The van der Waals surface area contributed by atoms with E-state index in [-0.39, 0.29) is 12.4 Å². The van der Waals surface area contributed by atoms with Gasteiger partial charge < -0.3 is 24.0 Å². The third kappa shape index (κ3) is 4.46. The molecule has 2 aromatic heterocycles. The molecule has 0 aliphatic rings. The molecule has 31 heavy (non-hydrogen) atoms. The molecule has 0 bridgehead atoms. The minimum absolute atomic E-state index is 0.127. The summed E-state index contributed by atoms with van der Waals surface area (Å²) >= 11 is 12.1. The van der Waals surface area contributed by atoms with Gasteiger partial charge >= 0.3 is 0 Å². The van der Waals surface area contributed by atoms with Gasteiger partial charge in [-0.15, -0.1) is 0 Å². The number of anilines is 1. The fourth-order valence-electron chi connectivity index (χ4n) is 3.07. The van der Waals surface area contributed by atoms with Gasteiger partial charge in [0.25, 0.3) is 5.91 Å². The number of rotatable bonds is 6. The number of furan rings is 2. The Balaban J connectivity index is 1.54. The van der Waals surface area contributed by atoms with Crippen LogP contribution in [-0.2, 0) is 6.61 Å². The number of nitrogens with one attached hydrogen (secondary N) is 1. The zero-order valence-electron chi connectivity index (χ0n) is 16.3. The van der Waals surface area contributed by atoms with Gasteiger partial charge in [0, 0.05) is 22.3 Å². The molecule has 2 aromatic carbocycles. The van der Waals surface area contributed by atoms with E-state index in [2.05, 4.69) is 5.32 Å². The molecule has 4 aromatic rings. The number of hydrogen-bond donors (Lipinski definition) is 2. The molecule has 158 valence electrons. The lowest BCUT2D eigenvalue weighted by Crippen LogP contribution is -2.10. The lowest BCUT2D eigenvalue weighted by molar-refractivity contribution is 0.0997. The van der Waals surface area contributed by atoms with Crippen molar-refractivity contribution in [2.75, 3.05) is 12.4 Å². The van der Waals surface area contributed by atoms with Crippen LogP contribution in [0.4, 0.5) is 5.69 Å². The number of methoxy groups -OCH3 is 1. The highest BCUT2D eigenvalue weighted by atomic mass is 35.5. The molecular formula is C23H17Cl2NO5. The third-order valence-corrected chi connectivity index (χ3v) is 5.12. The fraction of sp³-hybridized carbons (Fsp3) is 0.0870. The van der Waals surface area contributed by atoms with E-state index < -0.39 is 5.91 Å². The Morgan fingerprint density at radius 1 is 0.968 bits per heavy atom. The molecule has 0 saturated carbocycles. The Kier molecular flexibility index (Phi) is 6.04. The van der Waals surface area contributed by atoms with Crippen LogP contribution in [0.15, 0.2) is 69.5 Å². The van der Waals surface area contributed by atoms with Crippen LogP contribution in [0.25, 0.3) is 22.6 Å². The predicted molar refractivity (Wildman–Crippen MR) is 119 cm³/mol. The Morgan fingerprint density at radius 2 is 1.71 bits per heavy atom. The first-order chi connectivity index (χ1) is 15.0. The summed E-state index contributed by atoms with van der Waals surface area (Å²) in [5.41, 5.74) is 1.84. The number of aliphatic hydroxyl groups is 1. The Hall–Kier alpha value is -3.19. The monoisotopic (exact) mass is 457 g/mol. The molecule has 0 spiro atoms. The Bertz CT molecular complexity index is 1240. The van der Waals surface area contributed by atoms with Crippen LogP contribution in [0.3, 0.4) is 0 Å². The molecule has 8 heteroatoms. The molecule has 2 N–H and O–H groups in total. The zero-order valence-corrected chi connectivity index (χ0v) is 17.8. The van der Waals surface area contributed by atoms with E-state index in [0.717, 1.165) is 0 Å². The van der Waals surface area contributed by atoms with E-state index in [1.807, 2.05) is 0 Å². The second-order valence-corrected chi connectivity index (χ2v) is 7.42. The van der Waals surface area contributed by atoms with Crippen molar-refractivity contribution in [3.05, 3.63) is 82.2 Å². The molecule has 0 radical (unpaired) electrons. The van der Waals surface area contributed by atoms with Gasteiger partial charge in [-0.2, -0.15) is 0 Å². The lowest BCUT2D eigenvalue weighted by atomic mass is 10.1. The molecule has 0 atom stereocenters. The first kappa shape index (κ1) is 21.1.